The first-order chi connectivity index (χ1) is 8.92. The molecule has 0 spiro atoms. The van der Waals surface area contributed by atoms with E-state index in [1.165, 1.54) is 0 Å². The fourth-order valence-electron chi connectivity index (χ4n) is 1.96. The van der Waals surface area contributed by atoms with Crippen LogP contribution in [0.25, 0.3) is 11.3 Å². The van der Waals surface area contributed by atoms with Crippen LogP contribution in [0, 0.1) is 0 Å². The van der Waals surface area contributed by atoms with Crippen molar-refractivity contribution in [3.05, 3.63) is 36.9 Å². The minimum Gasteiger partial charge on any atom is -0.472 e. The fraction of sp³-hybridized carbons (Fsp3) is 0.308. The number of rotatable bonds is 3. The van der Waals surface area contributed by atoms with E-state index in [9.17, 15) is 0 Å². The lowest BCUT2D eigenvalue weighted by atomic mass is 10.2. The Bertz CT molecular complexity index is 511. The molecular weight excluding hydrogens is 228 g/mol. The zero-order valence-corrected chi connectivity index (χ0v) is 9.91. The smallest absolute Gasteiger partial charge is 0.233 e. The molecule has 1 aliphatic rings. The van der Waals surface area contributed by atoms with Crippen molar-refractivity contribution in [2.24, 2.45) is 0 Å². The topological polar surface area (TPSA) is 59.9 Å². The molecule has 0 saturated carbocycles. The summed E-state index contributed by atoms with van der Waals surface area (Å²) in [6.45, 7) is 1.87. The van der Waals surface area contributed by atoms with Crippen molar-refractivity contribution in [2.75, 3.05) is 13.1 Å². The summed E-state index contributed by atoms with van der Waals surface area (Å²) in [5, 5.41) is 3.26. The van der Waals surface area contributed by atoms with Gasteiger partial charge in [0.05, 0.1) is 18.1 Å². The van der Waals surface area contributed by atoms with Crippen LogP contribution in [0.3, 0.4) is 0 Å². The first-order valence-electron chi connectivity index (χ1n) is 6.01. The molecule has 0 bridgehead atoms. The number of pyridine rings is 1. The van der Waals surface area contributed by atoms with Crippen LogP contribution < -0.4 is 10.1 Å². The number of nitrogens with one attached hydrogen (secondary N) is 1. The third-order valence-electron chi connectivity index (χ3n) is 2.87. The summed E-state index contributed by atoms with van der Waals surface area (Å²) in [4.78, 5) is 12.7. The molecule has 0 amide bonds. The van der Waals surface area contributed by atoms with E-state index >= 15 is 0 Å². The first kappa shape index (κ1) is 11.1. The third-order valence-corrected chi connectivity index (χ3v) is 2.87. The highest BCUT2D eigenvalue weighted by molar-refractivity contribution is 5.56. The van der Waals surface area contributed by atoms with Crippen LogP contribution in [0.2, 0.25) is 0 Å². The highest BCUT2D eigenvalue weighted by Crippen LogP contribution is 2.18. The molecule has 1 N–H and O–H groups in total. The van der Waals surface area contributed by atoms with E-state index in [4.69, 9.17) is 4.74 Å². The van der Waals surface area contributed by atoms with Crippen molar-refractivity contribution in [1.29, 1.82) is 0 Å². The van der Waals surface area contributed by atoms with Gasteiger partial charge in [-0.15, -0.1) is 0 Å². The third kappa shape index (κ3) is 2.46. The molecule has 2 aromatic heterocycles. The summed E-state index contributed by atoms with van der Waals surface area (Å²) >= 11 is 0. The average Bonchev–Trinajstić information content (AvgIpc) is 2.93. The number of nitrogens with zero attached hydrogens (tertiary/aromatic N) is 3. The molecule has 1 atom stereocenters. The first-order valence-corrected chi connectivity index (χ1v) is 6.01. The zero-order chi connectivity index (χ0) is 12.2. The Morgan fingerprint density at radius 2 is 2.22 bits per heavy atom. The van der Waals surface area contributed by atoms with Crippen LogP contribution >= 0.6 is 0 Å². The SMILES string of the molecule is c1cncc(-c2cncc(OC3CCNC3)n2)c1. The second-order valence-electron chi connectivity index (χ2n) is 4.22. The minimum atomic E-state index is 0.198. The molecule has 92 valence electrons. The van der Waals surface area contributed by atoms with Crippen molar-refractivity contribution in [1.82, 2.24) is 20.3 Å². The Morgan fingerprint density at radius 1 is 1.22 bits per heavy atom. The Labute approximate surface area is 105 Å². The van der Waals surface area contributed by atoms with Crippen molar-refractivity contribution in [3.8, 4) is 17.1 Å². The van der Waals surface area contributed by atoms with Gasteiger partial charge in [-0.2, -0.15) is 0 Å². The maximum absolute atomic E-state index is 5.78. The standard InChI is InChI=1S/C13H14N4O/c1-2-10(6-14-4-1)12-8-16-9-13(17-12)18-11-3-5-15-7-11/h1-2,4,6,8-9,11,15H,3,5,7H2. The fourth-order valence-corrected chi connectivity index (χ4v) is 1.96. The van der Waals surface area contributed by atoms with E-state index in [-0.39, 0.29) is 6.10 Å². The predicted octanol–water partition coefficient (Wildman–Crippen LogP) is 1.28. The summed E-state index contributed by atoms with van der Waals surface area (Å²) in [6, 6.07) is 3.84. The largest absolute Gasteiger partial charge is 0.472 e. The lowest BCUT2D eigenvalue weighted by molar-refractivity contribution is 0.213. The summed E-state index contributed by atoms with van der Waals surface area (Å²) in [5.74, 6) is 0.574. The van der Waals surface area contributed by atoms with Crippen molar-refractivity contribution < 1.29 is 4.74 Å². The maximum atomic E-state index is 5.78. The number of ether oxygens (including phenoxy) is 1. The second kappa shape index (κ2) is 5.10. The average molecular weight is 242 g/mol. The van der Waals surface area contributed by atoms with Gasteiger partial charge >= 0.3 is 0 Å². The van der Waals surface area contributed by atoms with Gasteiger partial charge in [-0.05, 0) is 25.1 Å². The molecule has 5 heteroatoms. The Morgan fingerprint density at radius 3 is 3.00 bits per heavy atom. The van der Waals surface area contributed by atoms with E-state index in [1.54, 1.807) is 24.8 Å². The van der Waals surface area contributed by atoms with E-state index in [0.717, 1.165) is 30.8 Å². The normalized spacial score (nSPS) is 18.8. The summed E-state index contributed by atoms with van der Waals surface area (Å²) in [6.07, 6.45) is 8.09. The highest BCUT2D eigenvalue weighted by Gasteiger charge is 2.16. The van der Waals surface area contributed by atoms with Gasteiger partial charge in [0, 0.05) is 24.5 Å². The molecule has 2 aromatic rings. The quantitative estimate of drug-likeness (QED) is 0.878. The van der Waals surface area contributed by atoms with Gasteiger partial charge in [0.25, 0.3) is 0 Å². The number of aromatic nitrogens is 3. The molecule has 3 rings (SSSR count). The van der Waals surface area contributed by atoms with Gasteiger partial charge in [-0.3, -0.25) is 9.97 Å². The van der Waals surface area contributed by atoms with Crippen LogP contribution in [0.5, 0.6) is 5.88 Å². The van der Waals surface area contributed by atoms with Crippen LogP contribution in [0.15, 0.2) is 36.9 Å². The van der Waals surface area contributed by atoms with Crippen LogP contribution in [-0.4, -0.2) is 34.1 Å². The van der Waals surface area contributed by atoms with Crippen LogP contribution in [0.1, 0.15) is 6.42 Å². The van der Waals surface area contributed by atoms with Gasteiger partial charge in [-0.1, -0.05) is 0 Å². The van der Waals surface area contributed by atoms with Crippen molar-refractivity contribution in [2.45, 2.75) is 12.5 Å². The molecule has 1 unspecified atom stereocenters. The van der Waals surface area contributed by atoms with E-state index in [1.807, 2.05) is 12.1 Å². The maximum Gasteiger partial charge on any atom is 0.233 e. The molecule has 0 aliphatic carbocycles. The molecule has 0 aromatic carbocycles. The Balaban J connectivity index is 1.80. The molecule has 18 heavy (non-hydrogen) atoms. The minimum absolute atomic E-state index is 0.198. The zero-order valence-electron chi connectivity index (χ0n) is 9.91. The van der Waals surface area contributed by atoms with Gasteiger partial charge in [0.1, 0.15) is 6.10 Å². The second-order valence-corrected chi connectivity index (χ2v) is 4.22. The van der Waals surface area contributed by atoms with Gasteiger partial charge in [-0.25, -0.2) is 4.98 Å². The lowest BCUT2D eigenvalue weighted by Gasteiger charge is -2.11. The van der Waals surface area contributed by atoms with Crippen molar-refractivity contribution in [3.63, 3.8) is 0 Å². The van der Waals surface area contributed by atoms with Crippen molar-refractivity contribution >= 4 is 0 Å². The summed E-state index contributed by atoms with van der Waals surface area (Å²) in [5.41, 5.74) is 1.73. The lowest BCUT2D eigenvalue weighted by Crippen LogP contribution is -2.20. The highest BCUT2D eigenvalue weighted by atomic mass is 16.5. The van der Waals surface area contributed by atoms with E-state index < -0.39 is 0 Å². The summed E-state index contributed by atoms with van der Waals surface area (Å²) in [7, 11) is 0. The van der Waals surface area contributed by atoms with E-state index in [2.05, 4.69) is 20.3 Å². The Kier molecular flexibility index (Phi) is 3.14. The molecule has 1 saturated heterocycles. The molecule has 1 fully saturated rings. The number of hydrogen-bond donors (Lipinski definition) is 1. The molecule has 1 aliphatic heterocycles. The molecule has 3 heterocycles. The molecular formula is C13H14N4O. The Hall–Kier alpha value is -2.01. The molecule has 0 radical (unpaired) electrons. The molecule has 5 nitrogen and oxygen atoms in total. The van der Waals surface area contributed by atoms with E-state index in [0.29, 0.717) is 5.88 Å². The predicted molar refractivity (Wildman–Crippen MR) is 67.2 cm³/mol. The van der Waals surface area contributed by atoms with Crippen LogP contribution in [0.4, 0.5) is 0 Å². The van der Waals surface area contributed by atoms with Gasteiger partial charge < -0.3 is 10.1 Å². The monoisotopic (exact) mass is 242 g/mol. The van der Waals surface area contributed by atoms with Crippen LogP contribution in [-0.2, 0) is 0 Å². The number of hydrogen-bond acceptors (Lipinski definition) is 5. The van der Waals surface area contributed by atoms with Gasteiger partial charge in [0.15, 0.2) is 0 Å². The summed E-state index contributed by atoms with van der Waals surface area (Å²) < 4.78 is 5.78. The van der Waals surface area contributed by atoms with Gasteiger partial charge in [0.2, 0.25) is 5.88 Å².